The Morgan fingerprint density at radius 1 is 0.917 bits per heavy atom. The number of nitrogens with zero attached hydrogens (tertiary/aromatic N) is 2. The predicted octanol–water partition coefficient (Wildman–Crippen LogP) is 4.44. The molecule has 0 spiro atoms. The molecule has 1 aromatic heterocycles. The summed E-state index contributed by atoms with van der Waals surface area (Å²) in [6.45, 7) is 1.27. The molecular weight excluding hydrogens is 303 g/mol. The van der Waals surface area contributed by atoms with E-state index in [1.54, 1.807) is 7.11 Å². The fraction of sp³-hybridized carbons (Fsp3) is 0.150. The van der Waals surface area contributed by atoms with Gasteiger partial charge in [0.2, 0.25) is 5.88 Å². The quantitative estimate of drug-likeness (QED) is 0.671. The highest BCUT2D eigenvalue weighted by Gasteiger charge is 2.15. The number of anilines is 1. The lowest BCUT2D eigenvalue weighted by atomic mass is 10.1. The molecule has 0 amide bonds. The number of methoxy groups -OCH3 is 1. The van der Waals surface area contributed by atoms with E-state index in [1.807, 2.05) is 36.4 Å². The smallest absolute Gasteiger partial charge is 0.237 e. The van der Waals surface area contributed by atoms with Gasteiger partial charge in [-0.15, -0.1) is 0 Å². The molecule has 0 unspecified atom stereocenters. The largest absolute Gasteiger partial charge is 0.480 e. The van der Waals surface area contributed by atoms with E-state index in [1.165, 1.54) is 12.3 Å². The summed E-state index contributed by atoms with van der Waals surface area (Å²) in [6.07, 6.45) is 1.17. The van der Waals surface area contributed by atoms with Crippen LogP contribution in [0.3, 0.4) is 0 Å². The van der Waals surface area contributed by atoms with Crippen molar-refractivity contribution in [3.63, 3.8) is 0 Å². The molecule has 0 fully saturated rings. The first-order chi connectivity index (χ1) is 11.8. The molecule has 1 heterocycles. The van der Waals surface area contributed by atoms with Gasteiger partial charge in [-0.05, 0) is 11.1 Å². The average molecular weight is 322 g/mol. The van der Waals surface area contributed by atoms with Gasteiger partial charge >= 0.3 is 0 Å². The first-order valence-electron chi connectivity index (χ1n) is 7.78. The maximum absolute atomic E-state index is 13.8. The van der Waals surface area contributed by atoms with Crippen LogP contribution in [-0.4, -0.2) is 12.1 Å². The summed E-state index contributed by atoms with van der Waals surface area (Å²) in [5.74, 6) is 0.0418. The fourth-order valence-corrected chi connectivity index (χ4v) is 2.63. The van der Waals surface area contributed by atoms with Gasteiger partial charge in [0.1, 0.15) is 11.5 Å². The number of rotatable bonds is 6. The molecule has 0 atom stereocenters. The van der Waals surface area contributed by atoms with Gasteiger partial charge in [0.25, 0.3) is 0 Å². The van der Waals surface area contributed by atoms with E-state index >= 15 is 0 Å². The molecule has 0 radical (unpaired) electrons. The Hall–Kier alpha value is -2.88. The minimum Gasteiger partial charge on any atom is -0.480 e. The molecule has 122 valence electrons. The molecule has 24 heavy (non-hydrogen) atoms. The van der Waals surface area contributed by atoms with Crippen LogP contribution in [0.2, 0.25) is 0 Å². The van der Waals surface area contributed by atoms with Crippen LogP contribution in [0.15, 0.2) is 72.9 Å². The molecular formula is C20H19FN2O. The molecule has 0 aliphatic carbocycles. The monoisotopic (exact) mass is 322 g/mol. The van der Waals surface area contributed by atoms with Crippen molar-refractivity contribution < 1.29 is 9.13 Å². The van der Waals surface area contributed by atoms with Crippen molar-refractivity contribution in [1.29, 1.82) is 0 Å². The highest BCUT2D eigenvalue weighted by Crippen LogP contribution is 2.29. The van der Waals surface area contributed by atoms with Gasteiger partial charge in [-0.2, -0.15) is 0 Å². The third kappa shape index (κ3) is 3.90. The molecule has 3 nitrogen and oxygen atoms in total. The number of halogens is 1. The van der Waals surface area contributed by atoms with E-state index in [2.05, 4.69) is 34.1 Å². The maximum Gasteiger partial charge on any atom is 0.237 e. The predicted molar refractivity (Wildman–Crippen MR) is 93.5 cm³/mol. The fourth-order valence-electron chi connectivity index (χ4n) is 2.63. The third-order valence-electron chi connectivity index (χ3n) is 3.77. The summed E-state index contributed by atoms with van der Waals surface area (Å²) in [5, 5.41) is 0. The van der Waals surface area contributed by atoms with E-state index < -0.39 is 0 Å². The van der Waals surface area contributed by atoms with Crippen molar-refractivity contribution in [2.24, 2.45) is 0 Å². The zero-order valence-electron chi connectivity index (χ0n) is 13.5. The van der Waals surface area contributed by atoms with Gasteiger partial charge in [-0.3, -0.25) is 0 Å². The molecule has 3 rings (SSSR count). The van der Waals surface area contributed by atoms with Gasteiger partial charge in [0.15, 0.2) is 0 Å². The van der Waals surface area contributed by atoms with Gasteiger partial charge in [-0.1, -0.05) is 60.7 Å². The Balaban J connectivity index is 1.96. The number of pyridine rings is 1. The zero-order chi connectivity index (χ0) is 16.8. The summed E-state index contributed by atoms with van der Waals surface area (Å²) in [7, 11) is 1.55. The summed E-state index contributed by atoms with van der Waals surface area (Å²) >= 11 is 0. The number of ether oxygens (including phenoxy) is 1. The van der Waals surface area contributed by atoms with Crippen LogP contribution in [0, 0.1) is 5.82 Å². The SMILES string of the molecule is COc1ncc(F)cc1N(Cc1ccccc1)Cc1ccccc1. The van der Waals surface area contributed by atoms with Crippen LogP contribution >= 0.6 is 0 Å². The third-order valence-corrected chi connectivity index (χ3v) is 3.77. The second kappa shape index (κ2) is 7.59. The van der Waals surface area contributed by atoms with Crippen LogP contribution in [0.25, 0.3) is 0 Å². The van der Waals surface area contributed by atoms with Crippen molar-refractivity contribution in [2.75, 3.05) is 12.0 Å². The lowest BCUT2D eigenvalue weighted by molar-refractivity contribution is 0.395. The van der Waals surface area contributed by atoms with Gasteiger partial charge in [0.05, 0.1) is 13.3 Å². The Bertz CT molecular complexity index is 737. The Kier molecular flexibility index (Phi) is 5.06. The number of hydrogen-bond acceptors (Lipinski definition) is 3. The van der Waals surface area contributed by atoms with Crippen molar-refractivity contribution in [1.82, 2.24) is 4.98 Å². The van der Waals surface area contributed by atoms with Crippen LogP contribution in [0.1, 0.15) is 11.1 Å². The molecule has 0 bridgehead atoms. The Labute approximate surface area is 141 Å². The molecule has 0 aliphatic rings. The minimum atomic E-state index is -0.378. The first-order valence-corrected chi connectivity index (χ1v) is 7.78. The second-order valence-electron chi connectivity index (χ2n) is 5.51. The summed E-state index contributed by atoms with van der Waals surface area (Å²) in [4.78, 5) is 6.13. The van der Waals surface area contributed by atoms with Crippen LogP contribution in [0.4, 0.5) is 10.1 Å². The van der Waals surface area contributed by atoms with Crippen LogP contribution in [0.5, 0.6) is 5.88 Å². The highest BCUT2D eigenvalue weighted by molar-refractivity contribution is 5.55. The number of aromatic nitrogens is 1. The minimum absolute atomic E-state index is 0.378. The Morgan fingerprint density at radius 3 is 1.96 bits per heavy atom. The molecule has 0 saturated heterocycles. The summed E-state index contributed by atoms with van der Waals surface area (Å²) < 4.78 is 19.1. The van der Waals surface area contributed by atoms with Crippen molar-refractivity contribution in [3.05, 3.63) is 89.9 Å². The Morgan fingerprint density at radius 2 is 1.46 bits per heavy atom. The van der Waals surface area contributed by atoms with E-state index in [-0.39, 0.29) is 5.82 Å². The van der Waals surface area contributed by atoms with Crippen molar-refractivity contribution in [2.45, 2.75) is 13.1 Å². The molecule has 0 N–H and O–H groups in total. The highest BCUT2D eigenvalue weighted by atomic mass is 19.1. The molecule has 0 saturated carbocycles. The summed E-state index contributed by atoms with van der Waals surface area (Å²) in [5.41, 5.74) is 2.92. The molecule has 3 aromatic rings. The zero-order valence-corrected chi connectivity index (χ0v) is 13.5. The standard InChI is InChI=1S/C20H19FN2O/c1-24-20-19(12-18(21)13-22-20)23(14-16-8-4-2-5-9-16)15-17-10-6-3-7-11-17/h2-13H,14-15H2,1H3. The van der Waals surface area contributed by atoms with E-state index in [9.17, 15) is 4.39 Å². The van der Waals surface area contributed by atoms with Gasteiger partial charge in [0, 0.05) is 19.2 Å². The van der Waals surface area contributed by atoms with E-state index in [0.717, 1.165) is 11.1 Å². The normalized spacial score (nSPS) is 10.4. The first kappa shape index (κ1) is 16.0. The molecule has 0 aliphatic heterocycles. The van der Waals surface area contributed by atoms with Gasteiger partial charge in [-0.25, -0.2) is 9.37 Å². The summed E-state index contributed by atoms with van der Waals surface area (Å²) in [6, 6.07) is 21.6. The van der Waals surface area contributed by atoms with Crippen molar-refractivity contribution in [3.8, 4) is 5.88 Å². The lowest BCUT2D eigenvalue weighted by Gasteiger charge is -2.26. The van der Waals surface area contributed by atoms with E-state index in [0.29, 0.717) is 24.7 Å². The van der Waals surface area contributed by atoms with Crippen LogP contribution < -0.4 is 9.64 Å². The average Bonchev–Trinajstić information content (AvgIpc) is 2.63. The van der Waals surface area contributed by atoms with Crippen LogP contribution in [-0.2, 0) is 13.1 Å². The van der Waals surface area contributed by atoms with E-state index in [4.69, 9.17) is 4.74 Å². The molecule has 2 aromatic carbocycles. The second-order valence-corrected chi connectivity index (χ2v) is 5.51. The number of benzene rings is 2. The number of hydrogen-bond donors (Lipinski definition) is 0. The maximum atomic E-state index is 13.8. The van der Waals surface area contributed by atoms with Crippen molar-refractivity contribution >= 4 is 5.69 Å². The topological polar surface area (TPSA) is 25.4 Å². The lowest BCUT2D eigenvalue weighted by Crippen LogP contribution is -2.23. The molecule has 4 heteroatoms. The van der Waals surface area contributed by atoms with Gasteiger partial charge < -0.3 is 9.64 Å².